The van der Waals surface area contributed by atoms with Crippen molar-refractivity contribution in [3.63, 3.8) is 0 Å². The van der Waals surface area contributed by atoms with Crippen LogP contribution in [0.4, 0.5) is 32.0 Å². The van der Waals surface area contributed by atoms with Crippen LogP contribution in [0, 0.1) is 0 Å². The summed E-state index contributed by atoms with van der Waals surface area (Å²) in [5.41, 5.74) is -4.80. The highest BCUT2D eigenvalue weighted by Gasteiger charge is 2.40. The first-order valence-corrected chi connectivity index (χ1v) is 7.17. The Hall–Kier alpha value is -2.27. The second kappa shape index (κ2) is 6.80. The lowest BCUT2D eigenvalue weighted by Gasteiger charge is -2.18. The Morgan fingerprint density at radius 1 is 1.08 bits per heavy atom. The molecule has 1 aromatic carbocycles. The maximum absolute atomic E-state index is 13.0. The molecule has 0 fully saturated rings. The number of halogens is 7. The van der Waals surface area contributed by atoms with Gasteiger partial charge in [0, 0.05) is 6.08 Å². The molecule has 1 aliphatic rings. The summed E-state index contributed by atoms with van der Waals surface area (Å²) in [7, 11) is 0. The molecule has 5 nitrogen and oxygen atoms in total. The molecule has 1 aliphatic heterocycles. The molecule has 142 valence electrons. The molecule has 1 heterocycles. The fourth-order valence-electron chi connectivity index (χ4n) is 2.14. The van der Waals surface area contributed by atoms with E-state index in [1.54, 1.807) is 0 Å². The zero-order chi connectivity index (χ0) is 19.9. The molecular weight excluding hydrogens is 394 g/mol. The van der Waals surface area contributed by atoms with Crippen LogP contribution in [0.15, 0.2) is 23.9 Å². The summed E-state index contributed by atoms with van der Waals surface area (Å²) >= 11 is 5.55. The average Bonchev–Trinajstić information content (AvgIpc) is 2.75. The number of anilines is 1. The van der Waals surface area contributed by atoms with Crippen LogP contribution >= 0.6 is 11.6 Å². The van der Waals surface area contributed by atoms with Crippen LogP contribution in [-0.4, -0.2) is 35.0 Å². The van der Waals surface area contributed by atoms with Crippen molar-refractivity contribution in [1.29, 1.82) is 0 Å². The maximum Gasteiger partial charge on any atom is 0.417 e. The first-order valence-electron chi connectivity index (χ1n) is 6.79. The first kappa shape index (κ1) is 20.0. The molecule has 0 aliphatic carbocycles. The predicted octanol–water partition coefficient (Wildman–Crippen LogP) is 3.03. The highest BCUT2D eigenvalue weighted by Crippen LogP contribution is 2.43. The van der Waals surface area contributed by atoms with Gasteiger partial charge in [0.05, 0.1) is 35.0 Å². The smallest absolute Gasteiger partial charge is 0.395 e. The third-order valence-corrected chi connectivity index (χ3v) is 3.71. The second-order valence-corrected chi connectivity index (χ2v) is 5.46. The first-order chi connectivity index (χ1) is 11.9. The summed E-state index contributed by atoms with van der Waals surface area (Å²) in [4.78, 5) is 24.1. The highest BCUT2D eigenvalue weighted by molar-refractivity contribution is 6.34. The molecule has 0 bridgehead atoms. The van der Waals surface area contributed by atoms with Crippen LogP contribution in [0.3, 0.4) is 0 Å². The van der Waals surface area contributed by atoms with E-state index < -0.39 is 58.3 Å². The Balaban J connectivity index is 2.48. The molecule has 26 heavy (non-hydrogen) atoms. The van der Waals surface area contributed by atoms with E-state index in [1.165, 1.54) is 0 Å². The summed E-state index contributed by atoms with van der Waals surface area (Å²) in [5, 5.41) is 9.72. The van der Waals surface area contributed by atoms with E-state index in [2.05, 4.69) is 0 Å². The van der Waals surface area contributed by atoms with Crippen molar-refractivity contribution in [3.05, 3.63) is 40.1 Å². The van der Waals surface area contributed by atoms with Gasteiger partial charge in [-0.05, 0) is 12.1 Å². The number of imide groups is 1. The standard InChI is InChI=1S/C14H9ClF6N2O3/c15-11-7(14(19,20)21)3-6(13(16,17)18)4-8(11)22-9-5-10(25)23(1-2-24)12(9)26/h3-5,22,24H,1-2H2. The van der Waals surface area contributed by atoms with E-state index in [0.717, 1.165) is 0 Å². The average molecular weight is 403 g/mol. The fourth-order valence-corrected chi connectivity index (χ4v) is 2.40. The molecule has 0 saturated heterocycles. The third kappa shape index (κ3) is 3.93. The number of amides is 2. The van der Waals surface area contributed by atoms with Crippen LogP contribution in [-0.2, 0) is 21.9 Å². The van der Waals surface area contributed by atoms with Gasteiger partial charge in [-0.3, -0.25) is 14.5 Å². The number of nitrogens with zero attached hydrogens (tertiary/aromatic N) is 1. The molecule has 12 heteroatoms. The summed E-state index contributed by atoms with van der Waals surface area (Å²) in [6.07, 6.45) is -9.60. The minimum Gasteiger partial charge on any atom is -0.395 e. The zero-order valence-electron chi connectivity index (χ0n) is 12.5. The largest absolute Gasteiger partial charge is 0.417 e. The van der Waals surface area contributed by atoms with Crippen LogP contribution < -0.4 is 5.32 Å². The van der Waals surface area contributed by atoms with Crippen LogP contribution in [0.25, 0.3) is 0 Å². The number of carbonyl (C=O) groups is 2. The summed E-state index contributed by atoms with van der Waals surface area (Å²) in [5.74, 6) is -1.91. The van der Waals surface area contributed by atoms with Crippen molar-refractivity contribution in [1.82, 2.24) is 4.90 Å². The lowest BCUT2D eigenvalue weighted by atomic mass is 10.1. The van der Waals surface area contributed by atoms with Crippen molar-refractivity contribution in [2.75, 3.05) is 18.5 Å². The molecule has 2 N–H and O–H groups in total. The SMILES string of the molecule is O=C1C=C(Nc2cc(C(F)(F)F)cc(C(F)(F)F)c2Cl)C(=O)N1CCO. The van der Waals surface area contributed by atoms with E-state index in [-0.39, 0.29) is 12.6 Å². The molecule has 2 rings (SSSR count). The number of carbonyl (C=O) groups excluding carboxylic acids is 2. The number of alkyl halides is 6. The number of aliphatic hydroxyl groups is 1. The van der Waals surface area contributed by atoms with Gasteiger partial charge >= 0.3 is 12.4 Å². The molecular formula is C14H9ClF6N2O3. The topological polar surface area (TPSA) is 69.6 Å². The van der Waals surface area contributed by atoms with E-state index >= 15 is 0 Å². The fraction of sp³-hybridized carbons (Fsp3) is 0.286. The second-order valence-electron chi connectivity index (χ2n) is 5.08. The number of rotatable bonds is 4. The van der Waals surface area contributed by atoms with Gasteiger partial charge in [0.15, 0.2) is 0 Å². The Morgan fingerprint density at radius 3 is 2.19 bits per heavy atom. The van der Waals surface area contributed by atoms with Crippen molar-refractivity contribution in [2.45, 2.75) is 12.4 Å². The third-order valence-electron chi connectivity index (χ3n) is 3.31. The minimum atomic E-state index is -5.18. The van der Waals surface area contributed by atoms with Gasteiger partial charge in [-0.25, -0.2) is 0 Å². The van der Waals surface area contributed by atoms with Crippen LogP contribution in [0.1, 0.15) is 11.1 Å². The lowest BCUT2D eigenvalue weighted by Crippen LogP contribution is -2.34. The number of aliphatic hydroxyl groups excluding tert-OH is 1. The molecule has 0 spiro atoms. The Morgan fingerprint density at radius 2 is 1.69 bits per heavy atom. The molecule has 2 amide bonds. The maximum atomic E-state index is 13.0. The van der Waals surface area contributed by atoms with Gasteiger partial charge in [0.2, 0.25) is 0 Å². The monoisotopic (exact) mass is 402 g/mol. The van der Waals surface area contributed by atoms with E-state index in [1.807, 2.05) is 5.32 Å². The molecule has 0 atom stereocenters. The van der Waals surface area contributed by atoms with E-state index in [0.29, 0.717) is 17.0 Å². The normalized spacial score (nSPS) is 15.5. The van der Waals surface area contributed by atoms with Crippen molar-refractivity contribution >= 4 is 29.1 Å². The van der Waals surface area contributed by atoms with Gasteiger partial charge < -0.3 is 10.4 Å². The quantitative estimate of drug-likeness (QED) is 0.600. The Bertz CT molecular complexity index is 788. The predicted molar refractivity (Wildman–Crippen MR) is 77.0 cm³/mol. The van der Waals surface area contributed by atoms with Gasteiger partial charge in [0.25, 0.3) is 11.8 Å². The Labute approximate surface area is 146 Å². The molecule has 0 aromatic heterocycles. The lowest BCUT2D eigenvalue weighted by molar-refractivity contribution is -0.143. The van der Waals surface area contributed by atoms with Crippen LogP contribution in [0.5, 0.6) is 0 Å². The number of hydrogen-bond acceptors (Lipinski definition) is 4. The van der Waals surface area contributed by atoms with Gasteiger partial charge in [-0.15, -0.1) is 0 Å². The number of hydrogen-bond donors (Lipinski definition) is 2. The molecule has 0 unspecified atom stereocenters. The van der Waals surface area contributed by atoms with Gasteiger partial charge in [-0.2, -0.15) is 26.3 Å². The number of nitrogens with one attached hydrogen (secondary N) is 1. The number of benzene rings is 1. The van der Waals surface area contributed by atoms with Crippen molar-refractivity contribution in [3.8, 4) is 0 Å². The Kier molecular flexibility index (Phi) is 5.24. The van der Waals surface area contributed by atoms with Gasteiger partial charge in [0.1, 0.15) is 5.70 Å². The van der Waals surface area contributed by atoms with E-state index in [4.69, 9.17) is 16.7 Å². The summed E-state index contributed by atoms with van der Waals surface area (Å²) in [6, 6.07) is 0.145. The van der Waals surface area contributed by atoms with Crippen molar-refractivity contribution < 1.29 is 41.0 Å². The van der Waals surface area contributed by atoms with Crippen molar-refractivity contribution in [2.24, 2.45) is 0 Å². The number of β-amino-alcohol motifs (C(OH)–C–C–N with tert-alkyl or cyclic N) is 1. The summed E-state index contributed by atoms with van der Waals surface area (Å²) in [6.45, 7) is -0.954. The molecule has 0 saturated carbocycles. The zero-order valence-corrected chi connectivity index (χ0v) is 13.3. The van der Waals surface area contributed by atoms with Crippen LogP contribution in [0.2, 0.25) is 5.02 Å². The molecule has 0 radical (unpaired) electrons. The highest BCUT2D eigenvalue weighted by atomic mass is 35.5. The molecule has 1 aromatic rings. The van der Waals surface area contributed by atoms with E-state index in [9.17, 15) is 35.9 Å². The minimum absolute atomic E-state index is 0.151. The summed E-state index contributed by atoms with van der Waals surface area (Å²) < 4.78 is 77.5. The van der Waals surface area contributed by atoms with Gasteiger partial charge in [-0.1, -0.05) is 11.6 Å².